The van der Waals surface area contributed by atoms with E-state index in [0.717, 1.165) is 6.07 Å². The van der Waals surface area contributed by atoms with Gasteiger partial charge in [0.2, 0.25) is 0 Å². The van der Waals surface area contributed by atoms with Gasteiger partial charge in [0, 0.05) is 18.8 Å². The van der Waals surface area contributed by atoms with Crippen LogP contribution in [-0.2, 0) is 16.6 Å². The number of rotatable bonds is 5. The first-order valence-electron chi connectivity index (χ1n) is 5.97. The first kappa shape index (κ1) is 15.2. The van der Waals surface area contributed by atoms with Crippen LogP contribution in [0.1, 0.15) is 5.56 Å². The van der Waals surface area contributed by atoms with Crippen molar-refractivity contribution in [3.05, 3.63) is 47.9 Å². The standard InChI is InChI=1S/C13H14FN3O3S/c1-20-12-4-3-10(6-11(12)14)17-21(18,19)13-5-2-9(7-15)8-16-13/h2-6,8,17H,7,15H2,1H3. The molecule has 8 heteroatoms. The van der Waals surface area contributed by atoms with Crippen molar-refractivity contribution in [2.75, 3.05) is 11.8 Å². The average molecular weight is 311 g/mol. The van der Waals surface area contributed by atoms with Crippen LogP contribution in [0.2, 0.25) is 0 Å². The fourth-order valence-corrected chi connectivity index (χ4v) is 2.61. The molecule has 6 nitrogen and oxygen atoms in total. The Morgan fingerprint density at radius 2 is 2.10 bits per heavy atom. The van der Waals surface area contributed by atoms with E-state index < -0.39 is 15.8 Å². The summed E-state index contributed by atoms with van der Waals surface area (Å²) < 4.78 is 44.8. The van der Waals surface area contributed by atoms with Gasteiger partial charge in [-0.2, -0.15) is 8.42 Å². The van der Waals surface area contributed by atoms with E-state index in [1.165, 1.54) is 31.5 Å². The normalized spacial score (nSPS) is 11.2. The number of hydrogen-bond donors (Lipinski definition) is 2. The molecule has 3 N–H and O–H groups in total. The number of sulfonamides is 1. The third-order valence-corrected chi connectivity index (χ3v) is 4.01. The molecule has 21 heavy (non-hydrogen) atoms. The van der Waals surface area contributed by atoms with Gasteiger partial charge in [-0.3, -0.25) is 4.72 Å². The van der Waals surface area contributed by atoms with Crippen LogP contribution in [0.25, 0.3) is 0 Å². The third-order valence-electron chi connectivity index (χ3n) is 2.71. The summed E-state index contributed by atoms with van der Waals surface area (Å²) in [4.78, 5) is 3.82. The van der Waals surface area contributed by atoms with Gasteiger partial charge < -0.3 is 10.5 Å². The second kappa shape index (κ2) is 6.06. The van der Waals surface area contributed by atoms with Gasteiger partial charge in [-0.15, -0.1) is 0 Å². The van der Waals surface area contributed by atoms with E-state index in [1.54, 1.807) is 6.07 Å². The van der Waals surface area contributed by atoms with Crippen molar-refractivity contribution in [2.45, 2.75) is 11.6 Å². The minimum Gasteiger partial charge on any atom is -0.494 e. The molecule has 1 aromatic carbocycles. The van der Waals surface area contributed by atoms with Crippen molar-refractivity contribution in [1.29, 1.82) is 0 Å². The van der Waals surface area contributed by atoms with Crippen LogP contribution >= 0.6 is 0 Å². The molecule has 0 amide bonds. The summed E-state index contributed by atoms with van der Waals surface area (Å²) in [6, 6.07) is 6.66. The summed E-state index contributed by atoms with van der Waals surface area (Å²) in [5.74, 6) is -0.632. The lowest BCUT2D eigenvalue weighted by atomic mass is 10.3. The summed E-state index contributed by atoms with van der Waals surface area (Å²) in [5.41, 5.74) is 6.21. The molecule has 0 atom stereocenters. The molecule has 2 aromatic rings. The number of anilines is 1. The van der Waals surface area contributed by atoms with E-state index in [2.05, 4.69) is 9.71 Å². The number of nitrogens with zero attached hydrogens (tertiary/aromatic N) is 1. The van der Waals surface area contributed by atoms with Gasteiger partial charge >= 0.3 is 0 Å². The Kier molecular flexibility index (Phi) is 4.39. The molecule has 0 radical (unpaired) electrons. The van der Waals surface area contributed by atoms with Crippen LogP contribution in [-0.4, -0.2) is 20.5 Å². The predicted octanol–water partition coefficient (Wildman–Crippen LogP) is 1.49. The maximum atomic E-state index is 13.5. The largest absolute Gasteiger partial charge is 0.494 e. The molecule has 0 saturated heterocycles. The SMILES string of the molecule is COc1ccc(NS(=O)(=O)c2ccc(CN)cn2)cc1F. The zero-order valence-electron chi connectivity index (χ0n) is 11.2. The first-order chi connectivity index (χ1) is 9.96. The van der Waals surface area contributed by atoms with Crippen LogP contribution in [0.5, 0.6) is 5.75 Å². The van der Waals surface area contributed by atoms with Crippen molar-refractivity contribution < 1.29 is 17.5 Å². The lowest BCUT2D eigenvalue weighted by Gasteiger charge is -2.09. The average Bonchev–Trinajstić information content (AvgIpc) is 2.47. The maximum Gasteiger partial charge on any atom is 0.279 e. The molecule has 112 valence electrons. The molecular weight excluding hydrogens is 297 g/mol. The molecule has 2 rings (SSSR count). The number of ether oxygens (including phenoxy) is 1. The first-order valence-corrected chi connectivity index (χ1v) is 7.46. The van der Waals surface area contributed by atoms with E-state index in [9.17, 15) is 12.8 Å². The highest BCUT2D eigenvalue weighted by Gasteiger charge is 2.16. The Balaban J connectivity index is 2.26. The van der Waals surface area contributed by atoms with Crippen LogP contribution in [0.3, 0.4) is 0 Å². The van der Waals surface area contributed by atoms with Crippen LogP contribution < -0.4 is 15.2 Å². The maximum absolute atomic E-state index is 13.5. The number of methoxy groups -OCH3 is 1. The highest BCUT2D eigenvalue weighted by Crippen LogP contribution is 2.22. The Morgan fingerprint density at radius 1 is 1.33 bits per heavy atom. The van der Waals surface area contributed by atoms with Gasteiger partial charge in [-0.1, -0.05) is 6.07 Å². The van der Waals surface area contributed by atoms with Crippen LogP contribution in [0, 0.1) is 5.82 Å². The van der Waals surface area contributed by atoms with Gasteiger partial charge in [0.15, 0.2) is 16.6 Å². The Labute approximate surface area is 121 Å². The predicted molar refractivity (Wildman–Crippen MR) is 75.9 cm³/mol. The van der Waals surface area contributed by atoms with Crippen LogP contribution in [0.15, 0.2) is 41.6 Å². The number of pyridine rings is 1. The summed E-state index contributed by atoms with van der Waals surface area (Å²) in [6.07, 6.45) is 1.38. The number of aromatic nitrogens is 1. The van der Waals surface area contributed by atoms with E-state index in [4.69, 9.17) is 10.5 Å². The molecule has 0 aliphatic carbocycles. The molecule has 0 aliphatic rings. The van der Waals surface area contributed by atoms with E-state index in [0.29, 0.717) is 5.56 Å². The van der Waals surface area contributed by atoms with E-state index in [-0.39, 0.29) is 23.0 Å². The highest BCUT2D eigenvalue weighted by molar-refractivity contribution is 7.92. The number of hydrogen-bond acceptors (Lipinski definition) is 5. The van der Waals surface area contributed by atoms with Gasteiger partial charge in [0.25, 0.3) is 10.0 Å². The quantitative estimate of drug-likeness (QED) is 0.872. The zero-order valence-corrected chi connectivity index (χ0v) is 12.0. The van der Waals surface area contributed by atoms with Crippen LogP contribution in [0.4, 0.5) is 10.1 Å². The lowest BCUT2D eigenvalue weighted by Crippen LogP contribution is -2.15. The Hall–Kier alpha value is -2.19. The summed E-state index contributed by atoms with van der Waals surface area (Å²) in [5, 5.41) is -0.170. The smallest absolute Gasteiger partial charge is 0.279 e. The monoisotopic (exact) mass is 311 g/mol. The molecule has 1 aromatic heterocycles. The van der Waals surface area contributed by atoms with Crippen molar-refractivity contribution in [1.82, 2.24) is 4.98 Å². The van der Waals surface area contributed by atoms with Gasteiger partial charge in [-0.25, -0.2) is 9.37 Å². The minimum absolute atomic E-state index is 0.0309. The Morgan fingerprint density at radius 3 is 2.62 bits per heavy atom. The zero-order chi connectivity index (χ0) is 15.5. The van der Waals surface area contributed by atoms with Gasteiger partial charge in [0.05, 0.1) is 12.8 Å². The summed E-state index contributed by atoms with van der Waals surface area (Å²) in [7, 11) is -2.56. The molecule has 0 unspecified atom stereocenters. The summed E-state index contributed by atoms with van der Waals surface area (Å²) in [6.45, 7) is 0.268. The van der Waals surface area contributed by atoms with Gasteiger partial charge in [-0.05, 0) is 23.8 Å². The van der Waals surface area contributed by atoms with Crippen molar-refractivity contribution in [2.24, 2.45) is 5.73 Å². The second-order valence-corrected chi connectivity index (χ2v) is 5.79. The van der Waals surface area contributed by atoms with E-state index >= 15 is 0 Å². The van der Waals surface area contributed by atoms with Gasteiger partial charge in [0.1, 0.15) is 0 Å². The highest BCUT2D eigenvalue weighted by atomic mass is 32.2. The van der Waals surface area contributed by atoms with E-state index in [1.807, 2.05) is 0 Å². The van der Waals surface area contributed by atoms with Crippen molar-refractivity contribution in [3.63, 3.8) is 0 Å². The molecule has 0 fully saturated rings. The minimum atomic E-state index is -3.88. The molecular formula is C13H14FN3O3S. The fourth-order valence-electron chi connectivity index (χ4n) is 1.63. The number of nitrogens with one attached hydrogen (secondary N) is 1. The molecule has 0 aliphatic heterocycles. The molecule has 0 spiro atoms. The third kappa shape index (κ3) is 3.47. The van der Waals surface area contributed by atoms with Crippen molar-refractivity contribution >= 4 is 15.7 Å². The number of nitrogens with two attached hydrogens (primary N) is 1. The topological polar surface area (TPSA) is 94.3 Å². The summed E-state index contributed by atoms with van der Waals surface area (Å²) >= 11 is 0. The molecule has 1 heterocycles. The second-order valence-electron chi connectivity index (χ2n) is 4.16. The van der Waals surface area contributed by atoms with Crippen molar-refractivity contribution in [3.8, 4) is 5.75 Å². The number of halogens is 1. The fraction of sp³-hybridized carbons (Fsp3) is 0.154. The molecule has 0 bridgehead atoms. The Bertz CT molecular complexity index is 733. The lowest BCUT2D eigenvalue weighted by molar-refractivity contribution is 0.386. The number of benzene rings is 1. The molecule has 0 saturated carbocycles.